The summed E-state index contributed by atoms with van der Waals surface area (Å²) >= 11 is 1.75. The van der Waals surface area contributed by atoms with Crippen LogP contribution in [0.25, 0.3) is 0 Å². The monoisotopic (exact) mass is 491 g/mol. The molecule has 0 saturated carbocycles. The number of unbranched alkanes of at least 4 members (excludes halogenated alkanes) is 1. The number of rotatable bonds is 16. The predicted molar refractivity (Wildman–Crippen MR) is 121 cm³/mol. The molecule has 0 aromatic heterocycles. The van der Waals surface area contributed by atoms with Crippen LogP contribution < -0.4 is 0 Å². The molecule has 0 amide bonds. The van der Waals surface area contributed by atoms with Crippen molar-refractivity contribution in [3.63, 3.8) is 0 Å². The van der Waals surface area contributed by atoms with E-state index in [-0.39, 0.29) is 5.97 Å². The van der Waals surface area contributed by atoms with Crippen molar-refractivity contribution in [1.82, 2.24) is 0 Å². The second-order valence-electron chi connectivity index (χ2n) is 7.42. The fourth-order valence-corrected chi connectivity index (χ4v) is 5.22. The molecular formula is C18H41NO8S2Si. The van der Waals surface area contributed by atoms with E-state index >= 15 is 0 Å². The summed E-state index contributed by atoms with van der Waals surface area (Å²) < 4.78 is 49.6. The summed E-state index contributed by atoms with van der Waals surface area (Å²) in [6.45, 7) is 4.69. The molecule has 0 N–H and O–H groups in total. The van der Waals surface area contributed by atoms with E-state index in [1.165, 1.54) is 12.8 Å². The zero-order valence-corrected chi connectivity index (χ0v) is 22.2. The third-order valence-corrected chi connectivity index (χ3v) is 8.13. The second-order valence-corrected chi connectivity index (χ2v) is 13.1. The predicted octanol–water partition coefficient (Wildman–Crippen LogP) is 1.96. The number of esters is 1. The lowest BCUT2D eigenvalue weighted by molar-refractivity contribution is -0.890. The van der Waals surface area contributed by atoms with E-state index in [4.69, 9.17) is 31.0 Å². The summed E-state index contributed by atoms with van der Waals surface area (Å²) in [4.78, 5) is 11.8. The van der Waals surface area contributed by atoms with Crippen molar-refractivity contribution in [2.45, 2.75) is 38.7 Å². The van der Waals surface area contributed by atoms with Crippen molar-refractivity contribution in [3.8, 4) is 0 Å². The third kappa shape index (κ3) is 21.0. The van der Waals surface area contributed by atoms with E-state index in [1.807, 2.05) is 0 Å². The molecule has 12 heteroatoms. The number of hydrogen-bond donors (Lipinski definition) is 0. The van der Waals surface area contributed by atoms with Gasteiger partial charge in [-0.2, -0.15) is 11.8 Å². The largest absolute Gasteiger partial charge is 0.748 e. The maximum atomic E-state index is 11.8. The first kappa shape index (κ1) is 32.0. The minimum Gasteiger partial charge on any atom is -0.748 e. The average molecular weight is 492 g/mol. The third-order valence-electron chi connectivity index (χ3n) is 4.23. The lowest BCUT2D eigenvalue weighted by atomic mass is 10.3. The number of quaternary nitrogens is 1. The van der Waals surface area contributed by atoms with Crippen molar-refractivity contribution in [3.05, 3.63) is 0 Å². The van der Waals surface area contributed by atoms with Gasteiger partial charge in [0.1, 0.15) is 13.2 Å². The molecule has 0 radical (unpaired) electrons. The summed E-state index contributed by atoms with van der Waals surface area (Å²) in [6, 6.07) is 0.790. The van der Waals surface area contributed by atoms with Gasteiger partial charge in [0.25, 0.3) is 0 Å². The number of ether oxygens (including phenoxy) is 1. The van der Waals surface area contributed by atoms with E-state index in [9.17, 15) is 4.79 Å². The number of hydrogen-bond acceptors (Lipinski definition) is 9. The van der Waals surface area contributed by atoms with E-state index in [2.05, 4.69) is 21.0 Å². The van der Waals surface area contributed by atoms with E-state index < -0.39 is 18.9 Å². The van der Waals surface area contributed by atoms with Crippen LogP contribution in [-0.2, 0) is 32.9 Å². The van der Waals surface area contributed by atoms with Crippen LogP contribution in [0.3, 0.4) is 0 Å². The van der Waals surface area contributed by atoms with Crippen LogP contribution in [0, 0.1) is 0 Å². The minimum atomic E-state index is -3.92. The van der Waals surface area contributed by atoms with Gasteiger partial charge in [-0.15, -0.1) is 0 Å². The topological polar surface area (TPSA) is 111 Å². The molecule has 0 aliphatic heterocycles. The highest BCUT2D eigenvalue weighted by molar-refractivity contribution is 7.99. The molecule has 9 nitrogen and oxygen atoms in total. The number of carbonyl (C=O) groups excluding carboxylic acids is 1. The van der Waals surface area contributed by atoms with Gasteiger partial charge in [0, 0.05) is 39.4 Å². The molecule has 0 aliphatic carbocycles. The van der Waals surface area contributed by atoms with Crippen LogP contribution in [0.4, 0.5) is 0 Å². The summed E-state index contributed by atoms with van der Waals surface area (Å²) in [5.41, 5.74) is 0. The first-order chi connectivity index (χ1) is 13.8. The van der Waals surface area contributed by atoms with Gasteiger partial charge in [-0.1, -0.05) is 13.3 Å². The average Bonchev–Trinajstić information content (AvgIpc) is 2.65. The summed E-state index contributed by atoms with van der Waals surface area (Å²) in [5.74, 6) is 1.64. The molecule has 0 aromatic carbocycles. The standard InChI is InChI=1S/C17H38NO5SSi.CH4O3S/c1-7-8-11-18(2,3)12-13-23-17(19)10-15-24-14-9-16-25(20-4,21-5)22-6;1-5(2,3)4/h7-16H2,1-6H3;1H3,(H,2,3,4)/q+1;/p-1. The van der Waals surface area contributed by atoms with E-state index in [1.54, 1.807) is 33.1 Å². The molecule has 0 aliphatic rings. The van der Waals surface area contributed by atoms with E-state index in [0.29, 0.717) is 19.3 Å². The Kier molecular flexibility index (Phi) is 18.5. The van der Waals surface area contributed by atoms with Crippen LogP contribution >= 0.6 is 11.8 Å². The van der Waals surface area contributed by atoms with Gasteiger partial charge in [0.15, 0.2) is 0 Å². The van der Waals surface area contributed by atoms with Crippen LogP contribution in [0.1, 0.15) is 32.6 Å². The molecule has 0 spiro atoms. The number of carbonyl (C=O) groups is 1. The summed E-state index contributed by atoms with van der Waals surface area (Å²) in [6.07, 6.45) is 4.42. The van der Waals surface area contributed by atoms with Crippen LogP contribution in [-0.4, -0.2) is 105 Å². The maximum absolute atomic E-state index is 11.8. The van der Waals surface area contributed by atoms with Crippen molar-refractivity contribution < 1.29 is 40.3 Å². The summed E-state index contributed by atoms with van der Waals surface area (Å²) in [5, 5.41) is 0. The Labute approximate surface area is 188 Å². The maximum Gasteiger partial charge on any atom is 0.500 e. The normalized spacial score (nSPS) is 12.3. The molecule has 0 rings (SSSR count). The molecule has 0 bridgehead atoms. The SMILES string of the molecule is CCCC[N+](C)(C)CCOC(=O)CCSCCC[Si](OC)(OC)OC.CS(=O)(=O)[O-]. The Morgan fingerprint density at radius 1 is 1.03 bits per heavy atom. The molecule has 0 atom stereocenters. The number of likely N-dealkylation sites (N-methyl/N-ethyl adjacent to an activating group) is 1. The van der Waals surface area contributed by atoms with Crippen molar-refractivity contribution in [1.29, 1.82) is 0 Å². The molecule has 0 heterocycles. The molecule has 0 aromatic rings. The van der Waals surface area contributed by atoms with Gasteiger partial charge in [0.05, 0.1) is 37.2 Å². The van der Waals surface area contributed by atoms with E-state index in [0.717, 1.165) is 41.5 Å². The molecule has 0 fully saturated rings. The van der Waals surface area contributed by atoms with Gasteiger partial charge in [0.2, 0.25) is 0 Å². The smallest absolute Gasteiger partial charge is 0.500 e. The minimum absolute atomic E-state index is 0.0996. The molecule has 0 saturated heterocycles. The fourth-order valence-electron chi connectivity index (χ4n) is 2.38. The lowest BCUT2D eigenvalue weighted by Crippen LogP contribution is -2.43. The highest BCUT2D eigenvalue weighted by atomic mass is 32.2. The number of thioether (sulfide) groups is 1. The van der Waals surface area contributed by atoms with Gasteiger partial charge < -0.3 is 27.1 Å². The van der Waals surface area contributed by atoms with Crippen molar-refractivity contribution >= 4 is 36.7 Å². The van der Waals surface area contributed by atoms with Crippen LogP contribution in [0.5, 0.6) is 0 Å². The van der Waals surface area contributed by atoms with Crippen LogP contribution in [0.2, 0.25) is 6.04 Å². The molecule has 30 heavy (non-hydrogen) atoms. The zero-order chi connectivity index (χ0) is 23.7. The highest BCUT2D eigenvalue weighted by Gasteiger charge is 2.36. The van der Waals surface area contributed by atoms with Crippen molar-refractivity contribution in [2.24, 2.45) is 0 Å². The fraction of sp³-hybridized carbons (Fsp3) is 0.944. The Hall–Kier alpha value is -0.213. The molecular weight excluding hydrogens is 450 g/mol. The van der Waals surface area contributed by atoms with Gasteiger partial charge in [-0.25, -0.2) is 8.42 Å². The first-order valence-corrected chi connectivity index (χ1v) is 14.9. The van der Waals surface area contributed by atoms with Gasteiger partial charge >= 0.3 is 14.8 Å². The zero-order valence-electron chi connectivity index (χ0n) is 19.6. The van der Waals surface area contributed by atoms with Crippen LogP contribution in [0.15, 0.2) is 0 Å². The molecule has 0 unspecified atom stereocenters. The Morgan fingerprint density at radius 2 is 1.57 bits per heavy atom. The van der Waals surface area contributed by atoms with Gasteiger partial charge in [-0.05, 0) is 18.6 Å². The quantitative estimate of drug-likeness (QED) is 0.105. The summed E-state index contributed by atoms with van der Waals surface area (Å²) in [7, 11) is 2.89. The Bertz CT molecular complexity index is 526. The lowest BCUT2D eigenvalue weighted by Gasteiger charge is -2.29. The highest BCUT2D eigenvalue weighted by Crippen LogP contribution is 2.17. The first-order valence-electron chi connectivity index (χ1n) is 9.96. The van der Waals surface area contributed by atoms with Gasteiger partial charge in [-0.3, -0.25) is 4.79 Å². The van der Waals surface area contributed by atoms with Crippen molar-refractivity contribution in [2.75, 3.05) is 72.9 Å². The second kappa shape index (κ2) is 17.4. The Morgan fingerprint density at radius 3 is 2.03 bits per heavy atom. The molecule has 182 valence electrons. The Balaban J connectivity index is 0. The number of nitrogens with zero attached hydrogens (tertiary/aromatic N) is 1.